The number of amides is 1. The van der Waals surface area contributed by atoms with E-state index in [9.17, 15) is 43.3 Å². The maximum absolute atomic E-state index is 13.1. The van der Waals surface area contributed by atoms with Gasteiger partial charge in [-0.3, -0.25) is 9.35 Å². The number of phenols is 1. The Kier molecular flexibility index (Phi) is 11.3. The molecule has 0 bridgehead atoms. The highest BCUT2D eigenvalue weighted by Gasteiger charge is 2.45. The van der Waals surface area contributed by atoms with E-state index in [0.29, 0.717) is 0 Å². The van der Waals surface area contributed by atoms with Crippen molar-refractivity contribution in [1.29, 1.82) is 0 Å². The Labute approximate surface area is 246 Å². The molecule has 1 aromatic rings. The number of allylic oxidation sites excluding steroid dienone is 6. The molecule has 2 aliphatic heterocycles. The zero-order valence-corrected chi connectivity index (χ0v) is 25.0. The van der Waals surface area contributed by atoms with Gasteiger partial charge in [0.25, 0.3) is 5.91 Å². The Hall–Kier alpha value is -2.78. The maximum Gasteiger partial charge on any atom is 0.446 e. The van der Waals surface area contributed by atoms with Gasteiger partial charge in [0.2, 0.25) is 0 Å². The normalized spacial score (nSPS) is 25.0. The molecule has 5 atom stereocenters. The van der Waals surface area contributed by atoms with Crippen LogP contribution in [0.5, 0.6) is 11.5 Å². The molecular formula is C29H41NO11S. The number of ether oxygens (including phenoxy) is 1. The SMILES string of the molecule is CC(C)=CCC/C(C)=C/CC/C(C)=C/Cc1c(O)cc2c(c1OS(=O)(=O)O)CN(C[C@@H]1O[C@@H](O)[C@@H](O)[C@H](O)[C@H]1O)C2=O. The highest BCUT2D eigenvalue weighted by molar-refractivity contribution is 7.81. The number of carbonyl (C=O) groups excluding carboxylic acids is 1. The monoisotopic (exact) mass is 611 g/mol. The lowest BCUT2D eigenvalue weighted by Gasteiger charge is -2.39. The van der Waals surface area contributed by atoms with Crippen LogP contribution in [-0.4, -0.2) is 86.6 Å². The molecule has 0 saturated carbocycles. The van der Waals surface area contributed by atoms with Crippen molar-refractivity contribution < 1.29 is 52.2 Å². The second kappa shape index (κ2) is 14.1. The third-order valence-corrected chi connectivity index (χ3v) is 7.76. The van der Waals surface area contributed by atoms with Gasteiger partial charge in [0, 0.05) is 11.1 Å². The molecule has 1 amide bonds. The average molecular weight is 612 g/mol. The average Bonchev–Trinajstić information content (AvgIpc) is 3.19. The van der Waals surface area contributed by atoms with E-state index in [2.05, 4.69) is 32.9 Å². The number of carbonyl (C=O) groups is 1. The van der Waals surface area contributed by atoms with E-state index >= 15 is 0 Å². The lowest BCUT2D eigenvalue weighted by atomic mass is 9.98. The van der Waals surface area contributed by atoms with Crippen molar-refractivity contribution in [2.75, 3.05) is 6.54 Å². The number of fused-ring (bicyclic) bond motifs is 1. The molecule has 2 aliphatic rings. The number of hydrogen-bond donors (Lipinski definition) is 6. The van der Waals surface area contributed by atoms with Crippen LogP contribution in [0.15, 0.2) is 41.0 Å². The Bertz CT molecular complexity index is 1350. The third-order valence-electron chi connectivity index (χ3n) is 7.38. The van der Waals surface area contributed by atoms with Crippen LogP contribution in [-0.2, 0) is 28.1 Å². The van der Waals surface area contributed by atoms with Crippen molar-refractivity contribution in [3.8, 4) is 11.5 Å². The lowest BCUT2D eigenvalue weighted by Crippen LogP contribution is -2.60. The van der Waals surface area contributed by atoms with E-state index in [0.717, 1.165) is 36.2 Å². The Morgan fingerprint density at radius 2 is 1.62 bits per heavy atom. The lowest BCUT2D eigenvalue weighted by molar-refractivity contribution is -0.282. The van der Waals surface area contributed by atoms with Gasteiger partial charge in [0.15, 0.2) is 12.0 Å². The summed E-state index contributed by atoms with van der Waals surface area (Å²) in [5.74, 6) is -1.47. The van der Waals surface area contributed by atoms with Crippen molar-refractivity contribution >= 4 is 16.3 Å². The van der Waals surface area contributed by atoms with Gasteiger partial charge in [0.05, 0.1) is 18.7 Å². The molecule has 6 N–H and O–H groups in total. The van der Waals surface area contributed by atoms with E-state index in [-0.39, 0.29) is 42.0 Å². The van der Waals surface area contributed by atoms with E-state index in [1.807, 2.05) is 6.92 Å². The Balaban J connectivity index is 1.79. The third kappa shape index (κ3) is 8.63. The molecule has 0 aromatic heterocycles. The largest absolute Gasteiger partial charge is 0.507 e. The van der Waals surface area contributed by atoms with Gasteiger partial charge in [-0.1, -0.05) is 34.9 Å². The quantitative estimate of drug-likeness (QED) is 0.150. The van der Waals surface area contributed by atoms with E-state index in [1.54, 1.807) is 6.08 Å². The van der Waals surface area contributed by atoms with Crippen LogP contribution in [0.1, 0.15) is 74.9 Å². The van der Waals surface area contributed by atoms with Crippen molar-refractivity contribution in [3.63, 3.8) is 0 Å². The van der Waals surface area contributed by atoms with Crippen molar-refractivity contribution in [3.05, 3.63) is 57.7 Å². The first-order valence-corrected chi connectivity index (χ1v) is 15.1. The van der Waals surface area contributed by atoms with E-state index in [4.69, 9.17) is 8.92 Å². The number of nitrogens with zero attached hydrogens (tertiary/aromatic N) is 1. The Morgan fingerprint density at radius 3 is 2.24 bits per heavy atom. The zero-order chi connectivity index (χ0) is 31.4. The molecule has 1 aromatic carbocycles. The minimum atomic E-state index is -5.04. The van der Waals surface area contributed by atoms with Crippen molar-refractivity contribution in [2.24, 2.45) is 0 Å². The molecule has 12 nitrogen and oxygen atoms in total. The molecule has 3 rings (SSSR count). The fourth-order valence-electron chi connectivity index (χ4n) is 4.98. The van der Waals surface area contributed by atoms with E-state index < -0.39 is 52.8 Å². The summed E-state index contributed by atoms with van der Waals surface area (Å²) in [5.41, 5.74) is 3.58. The van der Waals surface area contributed by atoms with Crippen LogP contribution in [0.4, 0.5) is 0 Å². The molecule has 2 heterocycles. The van der Waals surface area contributed by atoms with Gasteiger partial charge in [-0.05, 0) is 65.9 Å². The minimum Gasteiger partial charge on any atom is -0.507 e. The second-order valence-electron chi connectivity index (χ2n) is 11.1. The standard InChI is InChI=1S/C29H41NO11S/c1-16(2)7-5-8-17(3)9-6-10-18(4)11-12-19-22(31)13-20-21(27(19)41-42(37,38)39)14-30(28(20)35)15-23-24(32)25(33)26(34)29(36)40-23/h7,9,11,13,23-26,29,31-34,36H,5-6,8,10,12,14-15H2,1-4H3,(H,37,38,39)/b17-9+,18-11+/t23-,24-,25+,26-,29+/m0/s1. The first kappa shape index (κ1) is 33.7. The number of rotatable bonds is 12. The van der Waals surface area contributed by atoms with Crippen LogP contribution in [0.2, 0.25) is 0 Å². The van der Waals surface area contributed by atoms with Crippen LogP contribution >= 0.6 is 0 Å². The van der Waals surface area contributed by atoms with Gasteiger partial charge in [-0.2, -0.15) is 8.42 Å². The highest BCUT2D eigenvalue weighted by atomic mass is 32.3. The molecule has 234 valence electrons. The van der Waals surface area contributed by atoms with E-state index in [1.165, 1.54) is 17.2 Å². The van der Waals surface area contributed by atoms with Crippen molar-refractivity contribution in [2.45, 2.75) is 97.0 Å². The number of benzene rings is 1. The van der Waals surface area contributed by atoms with Gasteiger partial charge in [-0.15, -0.1) is 0 Å². The number of aliphatic hydroxyl groups excluding tert-OH is 4. The van der Waals surface area contributed by atoms with Crippen LogP contribution < -0.4 is 4.18 Å². The van der Waals surface area contributed by atoms with Gasteiger partial charge >= 0.3 is 10.4 Å². The second-order valence-corrected chi connectivity index (χ2v) is 12.1. The molecule has 0 unspecified atom stereocenters. The number of aromatic hydroxyl groups is 1. The highest BCUT2D eigenvalue weighted by Crippen LogP contribution is 2.41. The number of phenolic OH excluding ortho intramolecular Hbond substituents is 1. The fraction of sp³-hybridized carbons (Fsp3) is 0.552. The fourth-order valence-corrected chi connectivity index (χ4v) is 5.39. The van der Waals surface area contributed by atoms with Gasteiger partial charge in [-0.25, -0.2) is 0 Å². The van der Waals surface area contributed by atoms with Gasteiger partial charge < -0.3 is 39.4 Å². The minimum absolute atomic E-state index is 0.0496. The summed E-state index contributed by atoms with van der Waals surface area (Å²) < 4.78 is 43.0. The molecular weight excluding hydrogens is 570 g/mol. The Morgan fingerprint density at radius 1 is 1.00 bits per heavy atom. The van der Waals surface area contributed by atoms with Crippen molar-refractivity contribution in [1.82, 2.24) is 4.90 Å². The predicted molar refractivity (Wildman–Crippen MR) is 153 cm³/mol. The zero-order valence-electron chi connectivity index (χ0n) is 24.2. The molecule has 0 aliphatic carbocycles. The summed E-state index contributed by atoms with van der Waals surface area (Å²) in [7, 11) is -5.04. The first-order chi connectivity index (χ1) is 19.6. The predicted octanol–water partition coefficient (Wildman–Crippen LogP) is 2.29. The van der Waals surface area contributed by atoms with Crippen LogP contribution in [0, 0.1) is 0 Å². The number of aliphatic hydroxyl groups is 4. The summed E-state index contributed by atoms with van der Waals surface area (Å²) in [5, 5.41) is 50.6. The first-order valence-electron chi connectivity index (χ1n) is 13.7. The molecule has 1 fully saturated rings. The molecule has 0 radical (unpaired) electrons. The van der Waals surface area contributed by atoms with Crippen LogP contribution in [0.3, 0.4) is 0 Å². The number of hydrogen-bond acceptors (Lipinski definition) is 10. The summed E-state index contributed by atoms with van der Waals surface area (Å²) in [6.07, 6.45) is 1.48. The summed E-state index contributed by atoms with van der Waals surface area (Å²) >= 11 is 0. The molecule has 1 saturated heterocycles. The summed E-state index contributed by atoms with van der Waals surface area (Å²) in [4.78, 5) is 14.3. The topological polar surface area (TPSA) is 194 Å². The molecule has 13 heteroatoms. The molecule has 42 heavy (non-hydrogen) atoms. The smallest absolute Gasteiger partial charge is 0.446 e. The maximum atomic E-state index is 13.1. The summed E-state index contributed by atoms with van der Waals surface area (Å²) in [6.45, 7) is 7.52. The molecule has 0 spiro atoms. The van der Waals surface area contributed by atoms with Gasteiger partial charge in [0.1, 0.15) is 30.2 Å². The summed E-state index contributed by atoms with van der Waals surface area (Å²) in [6, 6.07) is 1.18. The van der Waals surface area contributed by atoms with Crippen LogP contribution in [0.25, 0.3) is 0 Å².